The number of halogens is 1. The van der Waals surface area contributed by atoms with E-state index >= 15 is 0 Å². The van der Waals surface area contributed by atoms with Crippen molar-refractivity contribution in [2.75, 3.05) is 0 Å². The van der Waals surface area contributed by atoms with Gasteiger partial charge >= 0.3 is 5.97 Å². The number of hydrogen-bond acceptors (Lipinski definition) is 2. The van der Waals surface area contributed by atoms with Crippen molar-refractivity contribution in [1.82, 2.24) is 0 Å². The molecular formula is C4H6ClNO2. The first kappa shape index (κ1) is 5.85. The van der Waals surface area contributed by atoms with Crippen LogP contribution in [0.1, 0.15) is 6.42 Å². The number of carboxylic acids is 1. The van der Waals surface area contributed by atoms with Crippen molar-refractivity contribution < 1.29 is 9.90 Å². The Morgan fingerprint density at radius 3 is 2.38 bits per heavy atom. The molecule has 8 heavy (non-hydrogen) atoms. The molecule has 0 aliphatic heterocycles. The van der Waals surface area contributed by atoms with E-state index in [-0.39, 0.29) is 5.38 Å². The average Bonchev–Trinajstić information content (AvgIpc) is 2.17. The Bertz CT molecular complexity index is 138. The number of alkyl halides is 1. The first-order chi connectivity index (χ1) is 3.57. The number of carbonyl (C=O) groups is 1. The summed E-state index contributed by atoms with van der Waals surface area (Å²) in [6, 6.07) is 0. The van der Waals surface area contributed by atoms with Gasteiger partial charge in [0.05, 0.1) is 5.38 Å². The fraction of sp³-hybridized carbons (Fsp3) is 0.750. The van der Waals surface area contributed by atoms with Crippen LogP contribution in [-0.4, -0.2) is 22.0 Å². The summed E-state index contributed by atoms with van der Waals surface area (Å²) >= 11 is 5.38. The van der Waals surface area contributed by atoms with Crippen molar-refractivity contribution in [3.05, 3.63) is 0 Å². The van der Waals surface area contributed by atoms with Crippen LogP contribution in [-0.2, 0) is 4.79 Å². The zero-order valence-electron chi connectivity index (χ0n) is 4.10. The maximum absolute atomic E-state index is 10.1. The third kappa shape index (κ3) is 0.588. The first-order valence-electron chi connectivity index (χ1n) is 2.24. The molecule has 46 valence electrons. The predicted molar refractivity (Wildman–Crippen MR) is 28.8 cm³/mol. The number of aliphatic carboxylic acids is 1. The maximum Gasteiger partial charge on any atom is 0.325 e. The molecule has 0 aromatic carbocycles. The Morgan fingerprint density at radius 1 is 2.00 bits per heavy atom. The van der Waals surface area contributed by atoms with Crippen molar-refractivity contribution in [2.24, 2.45) is 5.73 Å². The van der Waals surface area contributed by atoms with Crippen LogP contribution in [0.25, 0.3) is 0 Å². The normalized spacial score (nSPS) is 44.0. The Morgan fingerprint density at radius 2 is 2.38 bits per heavy atom. The summed E-state index contributed by atoms with van der Waals surface area (Å²) in [5, 5.41) is 7.91. The molecule has 1 aliphatic carbocycles. The lowest BCUT2D eigenvalue weighted by Gasteiger charge is -1.97. The van der Waals surface area contributed by atoms with E-state index in [1.807, 2.05) is 0 Å². The molecule has 1 saturated carbocycles. The van der Waals surface area contributed by atoms with E-state index in [1.165, 1.54) is 0 Å². The molecule has 0 aromatic heterocycles. The molecule has 0 heterocycles. The molecule has 3 N–H and O–H groups in total. The van der Waals surface area contributed by atoms with Gasteiger partial charge in [-0.05, 0) is 6.42 Å². The van der Waals surface area contributed by atoms with Gasteiger partial charge in [0.1, 0.15) is 5.54 Å². The molecule has 1 aliphatic rings. The summed E-state index contributed by atoms with van der Waals surface area (Å²) in [7, 11) is 0. The predicted octanol–water partition coefficient (Wildman–Crippen LogP) is -0.220. The van der Waals surface area contributed by atoms with E-state index < -0.39 is 11.5 Å². The van der Waals surface area contributed by atoms with Crippen molar-refractivity contribution in [1.29, 1.82) is 0 Å². The second kappa shape index (κ2) is 1.36. The van der Waals surface area contributed by atoms with Gasteiger partial charge in [-0.2, -0.15) is 0 Å². The van der Waals surface area contributed by atoms with Gasteiger partial charge in [0, 0.05) is 0 Å². The highest BCUT2D eigenvalue weighted by atomic mass is 35.5. The van der Waals surface area contributed by atoms with Gasteiger partial charge in [0.2, 0.25) is 0 Å². The minimum atomic E-state index is -1.11. The van der Waals surface area contributed by atoms with Crippen molar-refractivity contribution in [3.63, 3.8) is 0 Å². The third-order valence-corrected chi connectivity index (χ3v) is 1.86. The molecule has 1 rings (SSSR count). The molecule has 0 amide bonds. The van der Waals surface area contributed by atoms with Gasteiger partial charge in [-0.3, -0.25) is 4.79 Å². The molecule has 0 spiro atoms. The van der Waals surface area contributed by atoms with Crippen LogP contribution in [0.3, 0.4) is 0 Å². The molecule has 0 bridgehead atoms. The molecule has 1 fully saturated rings. The molecule has 3 nitrogen and oxygen atoms in total. The molecule has 0 saturated heterocycles. The summed E-state index contributed by atoms with van der Waals surface area (Å²) in [4.78, 5) is 10.1. The number of carboxylic acid groups (broad SMARTS) is 1. The molecular weight excluding hydrogens is 130 g/mol. The number of rotatable bonds is 1. The van der Waals surface area contributed by atoms with E-state index in [9.17, 15) is 4.79 Å². The second-order valence-electron chi connectivity index (χ2n) is 2.02. The van der Waals surface area contributed by atoms with Crippen LogP contribution in [0.5, 0.6) is 0 Å². The van der Waals surface area contributed by atoms with Gasteiger partial charge in [0.15, 0.2) is 0 Å². The van der Waals surface area contributed by atoms with E-state index in [0.29, 0.717) is 6.42 Å². The number of nitrogens with two attached hydrogens (primary N) is 1. The Labute approximate surface area is 51.4 Å². The topological polar surface area (TPSA) is 63.3 Å². The van der Waals surface area contributed by atoms with Crippen molar-refractivity contribution >= 4 is 17.6 Å². The molecule has 0 radical (unpaired) electrons. The van der Waals surface area contributed by atoms with Crippen LogP contribution >= 0.6 is 11.6 Å². The lowest BCUT2D eigenvalue weighted by atomic mass is 10.3. The monoisotopic (exact) mass is 135 g/mol. The minimum absolute atomic E-state index is 0.361. The zero-order valence-corrected chi connectivity index (χ0v) is 4.85. The van der Waals surface area contributed by atoms with Crippen molar-refractivity contribution in [3.8, 4) is 0 Å². The molecule has 4 heteroatoms. The Hall–Kier alpha value is -0.280. The summed E-state index contributed by atoms with van der Waals surface area (Å²) in [6.45, 7) is 0. The fourth-order valence-corrected chi connectivity index (χ4v) is 0.808. The van der Waals surface area contributed by atoms with Crippen LogP contribution in [0.4, 0.5) is 0 Å². The van der Waals surface area contributed by atoms with Crippen LogP contribution in [0, 0.1) is 0 Å². The zero-order chi connectivity index (χ0) is 6.36. The van der Waals surface area contributed by atoms with E-state index in [1.54, 1.807) is 0 Å². The highest BCUT2D eigenvalue weighted by Gasteiger charge is 2.56. The van der Waals surface area contributed by atoms with Gasteiger partial charge in [-0.1, -0.05) is 0 Å². The summed E-state index contributed by atoms with van der Waals surface area (Å²) < 4.78 is 0. The van der Waals surface area contributed by atoms with Gasteiger partial charge in [-0.15, -0.1) is 11.6 Å². The maximum atomic E-state index is 10.1. The van der Waals surface area contributed by atoms with Crippen LogP contribution in [0.2, 0.25) is 0 Å². The van der Waals surface area contributed by atoms with Gasteiger partial charge < -0.3 is 10.8 Å². The lowest BCUT2D eigenvalue weighted by Crippen LogP contribution is -2.35. The third-order valence-electron chi connectivity index (χ3n) is 1.31. The second-order valence-corrected chi connectivity index (χ2v) is 2.54. The number of hydrogen-bond donors (Lipinski definition) is 2. The largest absolute Gasteiger partial charge is 0.480 e. The molecule has 0 unspecified atom stereocenters. The van der Waals surface area contributed by atoms with E-state index in [0.717, 1.165) is 0 Å². The van der Waals surface area contributed by atoms with E-state index in [4.69, 9.17) is 22.4 Å². The smallest absolute Gasteiger partial charge is 0.325 e. The minimum Gasteiger partial charge on any atom is -0.480 e. The summed E-state index contributed by atoms with van der Waals surface area (Å²) in [5.74, 6) is -1.00. The first-order valence-corrected chi connectivity index (χ1v) is 2.67. The quantitative estimate of drug-likeness (QED) is 0.489. The fourth-order valence-electron chi connectivity index (χ4n) is 0.459. The van der Waals surface area contributed by atoms with Gasteiger partial charge in [-0.25, -0.2) is 0 Å². The van der Waals surface area contributed by atoms with Crippen LogP contribution < -0.4 is 5.73 Å². The van der Waals surface area contributed by atoms with Gasteiger partial charge in [0.25, 0.3) is 0 Å². The molecule has 0 aromatic rings. The standard InChI is InChI=1S/C4H6ClNO2/c5-2-1-4(2,6)3(7)8/h2H,1,6H2,(H,7,8)/t2-,4+/m1/s1. The Kier molecular flexibility index (Phi) is 0.994. The SMILES string of the molecule is N[C@@]1(C(=O)O)C[C@H]1Cl. The van der Waals surface area contributed by atoms with Crippen molar-refractivity contribution in [2.45, 2.75) is 17.3 Å². The highest BCUT2D eigenvalue weighted by molar-refractivity contribution is 6.26. The molecule has 2 atom stereocenters. The van der Waals surface area contributed by atoms with E-state index in [2.05, 4.69) is 0 Å². The average molecular weight is 136 g/mol. The highest BCUT2D eigenvalue weighted by Crippen LogP contribution is 2.38. The summed E-state index contributed by atoms with van der Waals surface area (Å²) in [6.07, 6.45) is 0.393. The summed E-state index contributed by atoms with van der Waals surface area (Å²) in [5.41, 5.74) is 4.09. The lowest BCUT2D eigenvalue weighted by molar-refractivity contribution is -0.139. The Balaban J connectivity index is 2.60. The van der Waals surface area contributed by atoms with Crippen LogP contribution in [0.15, 0.2) is 0 Å².